The molecule has 1 unspecified atom stereocenters. The van der Waals surface area contributed by atoms with Gasteiger partial charge in [-0.1, -0.05) is 48.5 Å². The van der Waals surface area contributed by atoms with Gasteiger partial charge in [0.05, 0.1) is 12.3 Å². The van der Waals surface area contributed by atoms with Gasteiger partial charge in [0.25, 0.3) is 0 Å². The molecule has 1 heterocycles. The van der Waals surface area contributed by atoms with Crippen LogP contribution in [0.25, 0.3) is 10.9 Å². The van der Waals surface area contributed by atoms with Crippen LogP contribution >= 0.6 is 0 Å². The molecule has 3 aromatic rings. The van der Waals surface area contributed by atoms with E-state index >= 15 is 0 Å². The summed E-state index contributed by atoms with van der Waals surface area (Å²) in [4.78, 5) is 4.19. The predicted molar refractivity (Wildman–Crippen MR) is 89.7 cm³/mol. The van der Waals surface area contributed by atoms with Crippen LogP contribution in [0.2, 0.25) is 0 Å². The summed E-state index contributed by atoms with van der Waals surface area (Å²) in [5.41, 5.74) is 1.65. The highest BCUT2D eigenvalue weighted by Crippen LogP contribution is 2.34. The number of benzene rings is 2. The van der Waals surface area contributed by atoms with E-state index in [4.69, 9.17) is 0 Å². The molecule has 1 atom stereocenters. The minimum atomic E-state index is -3.47. The molecule has 0 saturated carbocycles. The SMILES string of the molecule is CS(=O)(=O)NC(c1ccccc1)c1ccc2cccnc2c1O. The highest BCUT2D eigenvalue weighted by atomic mass is 32.2. The molecule has 0 radical (unpaired) electrons. The molecule has 6 heteroatoms. The molecular formula is C17H16N2O3S. The van der Waals surface area contributed by atoms with Crippen LogP contribution in [0.3, 0.4) is 0 Å². The van der Waals surface area contributed by atoms with Crippen LogP contribution in [-0.2, 0) is 10.0 Å². The Morgan fingerprint density at radius 2 is 1.78 bits per heavy atom. The molecular weight excluding hydrogens is 312 g/mol. The minimum Gasteiger partial charge on any atom is -0.505 e. The summed E-state index contributed by atoms with van der Waals surface area (Å²) >= 11 is 0. The van der Waals surface area contributed by atoms with Gasteiger partial charge in [0.1, 0.15) is 11.3 Å². The number of sulfonamides is 1. The molecule has 5 nitrogen and oxygen atoms in total. The third-order valence-electron chi connectivity index (χ3n) is 3.55. The number of fused-ring (bicyclic) bond motifs is 1. The number of hydrogen-bond acceptors (Lipinski definition) is 4. The van der Waals surface area contributed by atoms with Crippen LogP contribution in [0.1, 0.15) is 17.2 Å². The van der Waals surface area contributed by atoms with Gasteiger partial charge in [-0.05, 0) is 11.6 Å². The molecule has 0 fully saturated rings. The Kier molecular flexibility index (Phi) is 4.02. The van der Waals surface area contributed by atoms with Crippen molar-refractivity contribution in [2.24, 2.45) is 0 Å². The van der Waals surface area contributed by atoms with Crippen molar-refractivity contribution < 1.29 is 13.5 Å². The molecule has 3 rings (SSSR count). The molecule has 0 saturated heterocycles. The lowest BCUT2D eigenvalue weighted by Crippen LogP contribution is -2.28. The number of hydrogen-bond donors (Lipinski definition) is 2. The summed E-state index contributed by atoms with van der Waals surface area (Å²) in [5, 5.41) is 11.4. The summed E-state index contributed by atoms with van der Waals surface area (Å²) in [7, 11) is -3.47. The first-order chi connectivity index (χ1) is 11.0. The second-order valence-electron chi connectivity index (χ2n) is 5.31. The van der Waals surface area contributed by atoms with Gasteiger partial charge >= 0.3 is 0 Å². The maximum Gasteiger partial charge on any atom is 0.209 e. The molecule has 0 aliphatic carbocycles. The van der Waals surface area contributed by atoms with E-state index in [1.807, 2.05) is 42.5 Å². The number of pyridine rings is 1. The van der Waals surface area contributed by atoms with E-state index in [1.54, 1.807) is 18.3 Å². The van der Waals surface area contributed by atoms with E-state index < -0.39 is 16.1 Å². The Morgan fingerprint density at radius 3 is 2.48 bits per heavy atom. The van der Waals surface area contributed by atoms with Crippen molar-refractivity contribution in [1.82, 2.24) is 9.71 Å². The predicted octanol–water partition coefficient (Wildman–Crippen LogP) is 2.58. The van der Waals surface area contributed by atoms with Crippen molar-refractivity contribution in [2.75, 3.05) is 6.26 Å². The summed E-state index contributed by atoms with van der Waals surface area (Å²) in [6.45, 7) is 0. The number of aromatic nitrogens is 1. The van der Waals surface area contributed by atoms with Crippen LogP contribution in [0.4, 0.5) is 0 Å². The number of aromatic hydroxyl groups is 1. The van der Waals surface area contributed by atoms with Crippen molar-refractivity contribution in [1.29, 1.82) is 0 Å². The lowest BCUT2D eigenvalue weighted by molar-refractivity contribution is 0.468. The normalized spacial score (nSPS) is 13.1. The van der Waals surface area contributed by atoms with Gasteiger partial charge in [-0.15, -0.1) is 0 Å². The van der Waals surface area contributed by atoms with E-state index in [1.165, 1.54) is 0 Å². The number of phenols is 1. The molecule has 0 spiro atoms. The fourth-order valence-electron chi connectivity index (χ4n) is 2.55. The molecule has 2 N–H and O–H groups in total. The first kappa shape index (κ1) is 15.5. The van der Waals surface area contributed by atoms with Gasteiger partial charge in [0.15, 0.2) is 0 Å². The topological polar surface area (TPSA) is 79.3 Å². The van der Waals surface area contributed by atoms with Gasteiger partial charge < -0.3 is 5.11 Å². The summed E-state index contributed by atoms with van der Waals surface area (Å²) in [5.74, 6) is -0.0203. The van der Waals surface area contributed by atoms with E-state index in [0.717, 1.165) is 17.2 Å². The first-order valence-corrected chi connectivity index (χ1v) is 8.94. The van der Waals surface area contributed by atoms with E-state index in [0.29, 0.717) is 11.1 Å². The second kappa shape index (κ2) is 5.98. The Balaban J connectivity index is 2.19. The van der Waals surface area contributed by atoms with Crippen LogP contribution < -0.4 is 4.72 Å². The molecule has 0 aliphatic rings. The smallest absolute Gasteiger partial charge is 0.209 e. The van der Waals surface area contributed by atoms with Gasteiger partial charge in [0, 0.05) is 17.1 Å². The van der Waals surface area contributed by atoms with Crippen molar-refractivity contribution in [3.8, 4) is 5.75 Å². The fourth-order valence-corrected chi connectivity index (χ4v) is 3.24. The van der Waals surface area contributed by atoms with Crippen LogP contribution in [0, 0.1) is 0 Å². The average Bonchev–Trinajstić information content (AvgIpc) is 2.54. The van der Waals surface area contributed by atoms with Gasteiger partial charge in [-0.2, -0.15) is 0 Å². The monoisotopic (exact) mass is 328 g/mol. The maximum atomic E-state index is 11.8. The maximum absolute atomic E-state index is 11.8. The summed E-state index contributed by atoms with van der Waals surface area (Å²) in [6.07, 6.45) is 2.69. The third kappa shape index (κ3) is 3.33. The number of phenolic OH excluding ortho intramolecular Hbond substituents is 1. The highest BCUT2D eigenvalue weighted by molar-refractivity contribution is 7.88. The minimum absolute atomic E-state index is 0.0203. The Morgan fingerprint density at radius 1 is 1.04 bits per heavy atom. The van der Waals surface area contributed by atoms with Crippen LogP contribution in [0.5, 0.6) is 5.75 Å². The largest absolute Gasteiger partial charge is 0.505 e. The van der Waals surface area contributed by atoms with Gasteiger partial charge in [-0.25, -0.2) is 13.1 Å². The molecule has 1 aromatic heterocycles. The molecule has 2 aromatic carbocycles. The highest BCUT2D eigenvalue weighted by Gasteiger charge is 2.22. The van der Waals surface area contributed by atoms with Gasteiger partial charge in [-0.3, -0.25) is 4.98 Å². The Hall–Kier alpha value is -2.44. The Bertz CT molecular complexity index is 940. The zero-order chi connectivity index (χ0) is 16.4. The van der Waals surface area contributed by atoms with Crippen molar-refractivity contribution >= 4 is 20.9 Å². The van der Waals surface area contributed by atoms with Crippen LogP contribution in [0.15, 0.2) is 60.8 Å². The fraction of sp³-hybridized carbons (Fsp3) is 0.118. The summed E-state index contributed by atoms with van der Waals surface area (Å²) < 4.78 is 26.1. The van der Waals surface area contributed by atoms with E-state index in [2.05, 4.69) is 9.71 Å². The zero-order valence-corrected chi connectivity index (χ0v) is 13.3. The van der Waals surface area contributed by atoms with Gasteiger partial charge in [0.2, 0.25) is 10.0 Å². The van der Waals surface area contributed by atoms with Crippen molar-refractivity contribution in [2.45, 2.75) is 6.04 Å². The Labute approximate surface area is 134 Å². The average molecular weight is 328 g/mol. The molecule has 118 valence electrons. The molecule has 0 amide bonds. The molecule has 23 heavy (non-hydrogen) atoms. The molecule has 0 aliphatic heterocycles. The number of nitrogens with one attached hydrogen (secondary N) is 1. The van der Waals surface area contributed by atoms with Crippen LogP contribution in [-0.4, -0.2) is 24.8 Å². The quantitative estimate of drug-likeness (QED) is 0.771. The van der Waals surface area contributed by atoms with Crippen molar-refractivity contribution in [3.63, 3.8) is 0 Å². The number of rotatable bonds is 4. The van der Waals surface area contributed by atoms with E-state index in [-0.39, 0.29) is 5.75 Å². The zero-order valence-electron chi connectivity index (χ0n) is 12.5. The second-order valence-corrected chi connectivity index (χ2v) is 7.09. The standard InChI is InChI=1S/C17H16N2O3S/c1-23(21,22)19-15(12-6-3-2-4-7-12)14-10-9-13-8-5-11-18-16(13)17(14)20/h2-11,15,19-20H,1H3. The third-order valence-corrected chi connectivity index (χ3v) is 4.22. The summed E-state index contributed by atoms with van der Waals surface area (Å²) in [6, 6.07) is 15.6. The van der Waals surface area contributed by atoms with E-state index in [9.17, 15) is 13.5 Å². The van der Waals surface area contributed by atoms with Crippen molar-refractivity contribution in [3.05, 3.63) is 71.9 Å². The lowest BCUT2D eigenvalue weighted by Gasteiger charge is -2.20. The lowest BCUT2D eigenvalue weighted by atomic mass is 9.97. The molecule has 0 bridgehead atoms. The first-order valence-electron chi connectivity index (χ1n) is 7.04. The number of nitrogens with zero attached hydrogens (tertiary/aromatic N) is 1.